The Bertz CT molecular complexity index is 431. The van der Waals surface area contributed by atoms with Gasteiger partial charge >= 0.3 is 0 Å². The summed E-state index contributed by atoms with van der Waals surface area (Å²) in [5, 5.41) is 6.41. The molecular weight excluding hydrogens is 232 g/mol. The number of nitrogens with zero attached hydrogens (tertiary/aromatic N) is 2. The molecule has 2 heterocycles. The van der Waals surface area contributed by atoms with Gasteiger partial charge in [-0.05, 0) is 31.8 Å². The second-order valence-electron chi connectivity index (χ2n) is 5.36. The molecule has 0 saturated carbocycles. The van der Waals surface area contributed by atoms with Gasteiger partial charge in [0.15, 0.2) is 0 Å². The molecule has 1 aliphatic heterocycles. The molecule has 1 aromatic rings. The Labute approximate surface area is 106 Å². The summed E-state index contributed by atoms with van der Waals surface area (Å²) in [5.41, 5.74) is 6.63. The topological polar surface area (TPSA) is 84.4 Å². The Balaban J connectivity index is 1.82. The maximum absolute atomic E-state index is 11.8. The van der Waals surface area contributed by atoms with Crippen LogP contribution in [-0.2, 0) is 4.79 Å². The Morgan fingerprint density at radius 2 is 2.50 bits per heavy atom. The van der Waals surface area contributed by atoms with E-state index in [-0.39, 0.29) is 11.3 Å². The first-order valence-electron chi connectivity index (χ1n) is 6.16. The van der Waals surface area contributed by atoms with Crippen molar-refractivity contribution >= 4 is 11.8 Å². The molecule has 0 aromatic carbocycles. The smallest absolute Gasteiger partial charge is 0.240 e. The largest absolute Gasteiger partial charge is 0.338 e. The lowest BCUT2D eigenvalue weighted by atomic mass is 9.90. The lowest BCUT2D eigenvalue weighted by molar-refractivity contribution is -0.117. The quantitative estimate of drug-likeness (QED) is 0.819. The number of aromatic nitrogens is 1. The van der Waals surface area contributed by atoms with Crippen LogP contribution in [0.4, 0.5) is 5.88 Å². The molecule has 0 radical (unpaired) electrons. The van der Waals surface area contributed by atoms with Crippen LogP contribution in [0.1, 0.15) is 19.0 Å². The third kappa shape index (κ3) is 3.08. The van der Waals surface area contributed by atoms with E-state index in [9.17, 15) is 4.79 Å². The van der Waals surface area contributed by atoms with E-state index in [2.05, 4.69) is 22.3 Å². The van der Waals surface area contributed by atoms with E-state index in [0.29, 0.717) is 19.0 Å². The summed E-state index contributed by atoms with van der Waals surface area (Å²) >= 11 is 0. The minimum Gasteiger partial charge on any atom is -0.338 e. The standard InChI is InChI=1S/C12H20N4O2/c1-9-5-11(18-15-9)14-10(17)6-16-4-3-12(2,7-13)8-16/h5H,3-4,6-8,13H2,1-2H3,(H,14,17). The monoisotopic (exact) mass is 252 g/mol. The van der Waals surface area contributed by atoms with Gasteiger partial charge in [0, 0.05) is 12.6 Å². The fourth-order valence-electron chi connectivity index (χ4n) is 2.23. The van der Waals surface area contributed by atoms with Gasteiger partial charge in [-0.1, -0.05) is 12.1 Å². The molecule has 18 heavy (non-hydrogen) atoms. The van der Waals surface area contributed by atoms with Crippen molar-refractivity contribution in [1.29, 1.82) is 0 Å². The maximum Gasteiger partial charge on any atom is 0.240 e. The summed E-state index contributed by atoms with van der Waals surface area (Å²) < 4.78 is 4.94. The Kier molecular flexibility index (Phi) is 3.68. The Morgan fingerprint density at radius 3 is 3.06 bits per heavy atom. The number of rotatable bonds is 4. The first-order chi connectivity index (χ1) is 8.50. The zero-order valence-electron chi connectivity index (χ0n) is 10.9. The number of likely N-dealkylation sites (tertiary alicyclic amines) is 1. The van der Waals surface area contributed by atoms with Gasteiger partial charge in [0.2, 0.25) is 11.8 Å². The second-order valence-corrected chi connectivity index (χ2v) is 5.36. The van der Waals surface area contributed by atoms with Gasteiger partial charge in [-0.15, -0.1) is 0 Å². The lowest BCUT2D eigenvalue weighted by Crippen LogP contribution is -2.35. The van der Waals surface area contributed by atoms with Crippen molar-refractivity contribution in [1.82, 2.24) is 10.1 Å². The lowest BCUT2D eigenvalue weighted by Gasteiger charge is -2.22. The van der Waals surface area contributed by atoms with Gasteiger partial charge in [0.05, 0.1) is 12.2 Å². The minimum atomic E-state index is -0.0765. The number of hydrogen-bond donors (Lipinski definition) is 2. The van der Waals surface area contributed by atoms with Crippen LogP contribution >= 0.6 is 0 Å². The van der Waals surface area contributed by atoms with Gasteiger partial charge in [-0.3, -0.25) is 15.0 Å². The van der Waals surface area contributed by atoms with Crippen molar-refractivity contribution in [2.75, 3.05) is 31.5 Å². The number of amides is 1. The normalized spacial score (nSPS) is 24.4. The van der Waals surface area contributed by atoms with Crippen LogP contribution in [0.25, 0.3) is 0 Å². The van der Waals surface area contributed by atoms with E-state index in [1.807, 2.05) is 6.92 Å². The van der Waals surface area contributed by atoms with Crippen LogP contribution in [0.15, 0.2) is 10.6 Å². The van der Waals surface area contributed by atoms with Crippen molar-refractivity contribution in [2.24, 2.45) is 11.1 Å². The summed E-state index contributed by atoms with van der Waals surface area (Å²) in [6, 6.07) is 1.70. The van der Waals surface area contributed by atoms with E-state index in [1.165, 1.54) is 0 Å². The third-order valence-electron chi connectivity index (χ3n) is 3.39. The van der Waals surface area contributed by atoms with E-state index >= 15 is 0 Å². The van der Waals surface area contributed by atoms with Crippen LogP contribution in [0.2, 0.25) is 0 Å². The number of anilines is 1. The van der Waals surface area contributed by atoms with E-state index in [1.54, 1.807) is 6.07 Å². The van der Waals surface area contributed by atoms with Crippen molar-refractivity contribution in [3.05, 3.63) is 11.8 Å². The molecule has 1 unspecified atom stereocenters. The number of carbonyl (C=O) groups is 1. The van der Waals surface area contributed by atoms with Crippen LogP contribution in [0.3, 0.4) is 0 Å². The molecule has 1 amide bonds. The molecule has 6 nitrogen and oxygen atoms in total. The summed E-state index contributed by atoms with van der Waals surface area (Å²) in [6.45, 7) is 6.78. The average molecular weight is 252 g/mol. The predicted molar refractivity (Wildman–Crippen MR) is 68.1 cm³/mol. The summed E-state index contributed by atoms with van der Waals surface area (Å²) in [6.07, 6.45) is 1.04. The van der Waals surface area contributed by atoms with Gasteiger partial charge in [0.1, 0.15) is 0 Å². The third-order valence-corrected chi connectivity index (χ3v) is 3.39. The molecule has 3 N–H and O–H groups in total. The summed E-state index contributed by atoms with van der Waals surface area (Å²) in [4.78, 5) is 13.9. The fraction of sp³-hybridized carbons (Fsp3) is 0.667. The molecule has 2 rings (SSSR count). The molecule has 1 fully saturated rings. The second kappa shape index (κ2) is 5.07. The van der Waals surface area contributed by atoms with Gasteiger partial charge in [-0.2, -0.15) is 0 Å². The molecule has 6 heteroatoms. The van der Waals surface area contributed by atoms with Crippen molar-refractivity contribution in [3.63, 3.8) is 0 Å². The van der Waals surface area contributed by atoms with Crippen molar-refractivity contribution in [3.8, 4) is 0 Å². The van der Waals surface area contributed by atoms with Gasteiger partial charge < -0.3 is 10.3 Å². The van der Waals surface area contributed by atoms with Gasteiger partial charge in [-0.25, -0.2) is 0 Å². The molecular formula is C12H20N4O2. The highest BCUT2D eigenvalue weighted by Gasteiger charge is 2.33. The highest BCUT2D eigenvalue weighted by atomic mass is 16.5. The molecule has 1 saturated heterocycles. The minimum absolute atomic E-state index is 0.0765. The molecule has 100 valence electrons. The molecule has 1 aliphatic rings. The van der Waals surface area contributed by atoms with E-state index < -0.39 is 0 Å². The highest BCUT2D eigenvalue weighted by molar-refractivity contribution is 5.90. The summed E-state index contributed by atoms with van der Waals surface area (Å²) in [7, 11) is 0. The number of carbonyl (C=O) groups excluding carboxylic acids is 1. The van der Waals surface area contributed by atoms with Crippen LogP contribution in [0.5, 0.6) is 0 Å². The van der Waals surface area contributed by atoms with Crippen molar-refractivity contribution in [2.45, 2.75) is 20.3 Å². The molecule has 1 aromatic heterocycles. The predicted octanol–water partition coefficient (Wildman–Crippen LogP) is 0.592. The zero-order chi connectivity index (χ0) is 13.2. The zero-order valence-corrected chi connectivity index (χ0v) is 10.9. The van der Waals surface area contributed by atoms with Crippen LogP contribution < -0.4 is 11.1 Å². The number of aryl methyl sites for hydroxylation is 1. The molecule has 0 aliphatic carbocycles. The number of hydrogen-bond acceptors (Lipinski definition) is 5. The Morgan fingerprint density at radius 1 is 1.72 bits per heavy atom. The maximum atomic E-state index is 11.8. The number of nitrogens with two attached hydrogens (primary N) is 1. The van der Waals surface area contributed by atoms with E-state index in [0.717, 1.165) is 25.2 Å². The van der Waals surface area contributed by atoms with Crippen LogP contribution in [-0.4, -0.2) is 42.1 Å². The van der Waals surface area contributed by atoms with Gasteiger partial charge in [0.25, 0.3) is 0 Å². The van der Waals surface area contributed by atoms with Crippen LogP contribution in [0, 0.1) is 12.3 Å². The average Bonchev–Trinajstić information content (AvgIpc) is 2.87. The number of nitrogens with one attached hydrogen (secondary N) is 1. The summed E-state index contributed by atoms with van der Waals surface area (Å²) in [5.74, 6) is 0.325. The molecule has 0 spiro atoms. The first kappa shape index (κ1) is 13.0. The highest BCUT2D eigenvalue weighted by Crippen LogP contribution is 2.28. The Hall–Kier alpha value is -1.40. The first-order valence-corrected chi connectivity index (χ1v) is 6.16. The van der Waals surface area contributed by atoms with Crippen molar-refractivity contribution < 1.29 is 9.32 Å². The van der Waals surface area contributed by atoms with E-state index in [4.69, 9.17) is 10.3 Å². The fourth-order valence-corrected chi connectivity index (χ4v) is 2.23. The molecule has 1 atom stereocenters. The SMILES string of the molecule is Cc1cc(NC(=O)CN2CCC(C)(CN)C2)on1. The molecule has 0 bridgehead atoms.